The molecule has 0 aliphatic rings. The van der Waals surface area contributed by atoms with Crippen molar-refractivity contribution in [1.29, 1.82) is 0 Å². The number of hydrogen-bond acceptors (Lipinski definition) is 4. The number of aliphatic hydroxyl groups excluding tert-OH is 1. The Morgan fingerprint density at radius 2 is 2.22 bits per heavy atom. The van der Waals surface area contributed by atoms with Crippen LogP contribution in [0.2, 0.25) is 0 Å². The van der Waals surface area contributed by atoms with Gasteiger partial charge in [0.25, 0.3) is 0 Å². The average Bonchev–Trinajstić information content (AvgIpc) is 2.79. The lowest BCUT2D eigenvalue weighted by molar-refractivity contribution is -0.00938. The maximum Gasteiger partial charge on any atom is 0.0900 e. The van der Waals surface area contributed by atoms with E-state index in [2.05, 4.69) is 29.3 Å². The van der Waals surface area contributed by atoms with Gasteiger partial charge in [-0.3, -0.25) is 4.90 Å². The van der Waals surface area contributed by atoms with Crippen molar-refractivity contribution in [3.8, 4) is 0 Å². The molecule has 0 radical (unpaired) electrons. The highest BCUT2D eigenvalue weighted by molar-refractivity contribution is 7.09. The fraction of sp³-hybridized carbons (Fsp3) is 0.714. The number of hydrogen-bond donors (Lipinski definition) is 1. The molecule has 0 aliphatic carbocycles. The molecule has 0 aliphatic heterocycles. The maximum atomic E-state index is 9.96. The van der Waals surface area contributed by atoms with Gasteiger partial charge in [-0.15, -0.1) is 11.3 Å². The second-order valence-electron chi connectivity index (χ2n) is 4.85. The van der Waals surface area contributed by atoms with E-state index in [1.807, 2.05) is 13.8 Å². The Hall–Kier alpha value is -0.420. The molecule has 0 saturated heterocycles. The molecule has 0 aromatic carbocycles. The quantitative estimate of drug-likeness (QED) is 0.749. The molecule has 3 nitrogen and oxygen atoms in total. The summed E-state index contributed by atoms with van der Waals surface area (Å²) in [6.07, 6.45) is 0.874. The number of nitrogens with zero attached hydrogens (tertiary/aromatic N) is 1. The molecule has 1 aromatic heterocycles. The van der Waals surface area contributed by atoms with Crippen LogP contribution in [-0.4, -0.2) is 41.9 Å². The molecule has 1 N–H and O–H groups in total. The van der Waals surface area contributed by atoms with Crippen LogP contribution >= 0.6 is 11.3 Å². The van der Waals surface area contributed by atoms with Crippen LogP contribution in [0.3, 0.4) is 0 Å². The SMILES string of the molecule is CCCN(Cc1cccs1)C[C@@H](O)COC(C)C. The Bertz CT molecular complexity index is 301. The van der Waals surface area contributed by atoms with E-state index in [0.29, 0.717) is 13.2 Å². The first-order valence-electron chi connectivity index (χ1n) is 6.66. The van der Waals surface area contributed by atoms with Gasteiger partial charge in [0.2, 0.25) is 0 Å². The molecule has 0 spiro atoms. The van der Waals surface area contributed by atoms with E-state index in [0.717, 1.165) is 19.5 Å². The summed E-state index contributed by atoms with van der Waals surface area (Å²) in [7, 11) is 0. The molecule has 1 atom stereocenters. The lowest BCUT2D eigenvalue weighted by atomic mass is 10.3. The van der Waals surface area contributed by atoms with E-state index in [1.54, 1.807) is 11.3 Å². The van der Waals surface area contributed by atoms with Crippen LogP contribution in [0.1, 0.15) is 32.1 Å². The molecule has 0 bridgehead atoms. The molecule has 104 valence electrons. The van der Waals surface area contributed by atoms with Crippen LogP contribution in [-0.2, 0) is 11.3 Å². The largest absolute Gasteiger partial charge is 0.389 e. The zero-order chi connectivity index (χ0) is 13.4. The van der Waals surface area contributed by atoms with E-state index in [-0.39, 0.29) is 6.10 Å². The van der Waals surface area contributed by atoms with Crippen molar-refractivity contribution in [2.75, 3.05) is 19.7 Å². The highest BCUT2D eigenvalue weighted by Crippen LogP contribution is 2.12. The van der Waals surface area contributed by atoms with Crippen LogP contribution < -0.4 is 0 Å². The van der Waals surface area contributed by atoms with Crippen molar-refractivity contribution in [3.05, 3.63) is 22.4 Å². The minimum Gasteiger partial charge on any atom is -0.389 e. The molecule has 4 heteroatoms. The van der Waals surface area contributed by atoms with Gasteiger partial charge in [-0.2, -0.15) is 0 Å². The van der Waals surface area contributed by atoms with Crippen molar-refractivity contribution >= 4 is 11.3 Å². The molecule has 1 rings (SSSR count). The van der Waals surface area contributed by atoms with Crippen molar-refractivity contribution in [2.45, 2.75) is 45.9 Å². The number of rotatable bonds is 9. The van der Waals surface area contributed by atoms with Gasteiger partial charge in [0.1, 0.15) is 0 Å². The molecular weight excluding hydrogens is 246 g/mol. The van der Waals surface area contributed by atoms with Crippen LogP contribution in [0.15, 0.2) is 17.5 Å². The van der Waals surface area contributed by atoms with Crippen LogP contribution in [0.4, 0.5) is 0 Å². The Kier molecular flexibility index (Phi) is 7.51. The van der Waals surface area contributed by atoms with Gasteiger partial charge in [-0.1, -0.05) is 13.0 Å². The molecule has 0 saturated carbocycles. The monoisotopic (exact) mass is 271 g/mol. The van der Waals surface area contributed by atoms with Crippen molar-refractivity contribution in [1.82, 2.24) is 4.90 Å². The normalized spacial score (nSPS) is 13.4. The average molecular weight is 271 g/mol. The summed E-state index contributed by atoms with van der Waals surface area (Å²) in [5.74, 6) is 0. The Balaban J connectivity index is 2.36. The molecule has 1 aromatic rings. The zero-order valence-electron chi connectivity index (χ0n) is 11.6. The lowest BCUT2D eigenvalue weighted by Gasteiger charge is -2.24. The third kappa shape index (κ3) is 6.50. The van der Waals surface area contributed by atoms with Crippen LogP contribution in [0.5, 0.6) is 0 Å². The second kappa shape index (κ2) is 8.64. The van der Waals surface area contributed by atoms with E-state index in [4.69, 9.17) is 4.74 Å². The summed E-state index contributed by atoms with van der Waals surface area (Å²) in [6.45, 7) is 9.17. The van der Waals surface area contributed by atoms with E-state index in [1.165, 1.54) is 4.88 Å². The summed E-state index contributed by atoms with van der Waals surface area (Å²) in [5, 5.41) is 12.1. The Morgan fingerprint density at radius 3 is 2.78 bits per heavy atom. The fourth-order valence-corrected chi connectivity index (χ4v) is 2.57. The molecule has 1 heterocycles. The molecule has 0 fully saturated rings. The highest BCUT2D eigenvalue weighted by Gasteiger charge is 2.12. The third-order valence-corrected chi connectivity index (χ3v) is 3.45. The predicted molar refractivity (Wildman–Crippen MR) is 77.0 cm³/mol. The van der Waals surface area contributed by atoms with Gasteiger partial charge >= 0.3 is 0 Å². The standard InChI is InChI=1S/C14H25NO2S/c1-4-7-15(10-14-6-5-8-18-14)9-13(16)11-17-12(2)3/h5-6,8,12-13,16H,4,7,9-11H2,1-3H3/t13-/m1/s1. The van der Waals surface area contributed by atoms with Gasteiger partial charge in [-0.05, 0) is 38.3 Å². The topological polar surface area (TPSA) is 32.7 Å². The minimum absolute atomic E-state index is 0.177. The second-order valence-corrected chi connectivity index (χ2v) is 5.88. The number of thiophene rings is 1. The summed E-state index contributed by atoms with van der Waals surface area (Å²) in [4.78, 5) is 3.64. The molecule has 0 unspecified atom stereocenters. The van der Waals surface area contributed by atoms with Gasteiger partial charge in [0, 0.05) is 18.0 Å². The van der Waals surface area contributed by atoms with Gasteiger partial charge in [0.15, 0.2) is 0 Å². The highest BCUT2D eigenvalue weighted by atomic mass is 32.1. The van der Waals surface area contributed by atoms with Gasteiger partial charge < -0.3 is 9.84 Å². The molecule has 0 amide bonds. The Labute approximate surface area is 114 Å². The fourth-order valence-electron chi connectivity index (χ4n) is 1.83. The van der Waals surface area contributed by atoms with Gasteiger partial charge in [-0.25, -0.2) is 0 Å². The summed E-state index contributed by atoms with van der Waals surface area (Å²) in [6, 6.07) is 4.22. The maximum absolute atomic E-state index is 9.96. The molecule has 18 heavy (non-hydrogen) atoms. The van der Waals surface area contributed by atoms with Crippen molar-refractivity contribution in [2.24, 2.45) is 0 Å². The van der Waals surface area contributed by atoms with E-state index >= 15 is 0 Å². The number of aliphatic hydroxyl groups is 1. The number of ether oxygens (including phenoxy) is 1. The first-order valence-corrected chi connectivity index (χ1v) is 7.54. The minimum atomic E-state index is -0.404. The van der Waals surface area contributed by atoms with Gasteiger partial charge in [0.05, 0.1) is 18.8 Å². The summed E-state index contributed by atoms with van der Waals surface area (Å²) < 4.78 is 5.44. The summed E-state index contributed by atoms with van der Waals surface area (Å²) in [5.41, 5.74) is 0. The first kappa shape index (κ1) is 15.6. The first-order chi connectivity index (χ1) is 8.61. The van der Waals surface area contributed by atoms with Crippen LogP contribution in [0.25, 0.3) is 0 Å². The van der Waals surface area contributed by atoms with Crippen molar-refractivity contribution in [3.63, 3.8) is 0 Å². The zero-order valence-corrected chi connectivity index (χ0v) is 12.4. The third-order valence-electron chi connectivity index (χ3n) is 2.59. The van der Waals surface area contributed by atoms with E-state index < -0.39 is 6.10 Å². The van der Waals surface area contributed by atoms with Crippen LogP contribution in [0, 0.1) is 0 Å². The van der Waals surface area contributed by atoms with Crippen molar-refractivity contribution < 1.29 is 9.84 Å². The van der Waals surface area contributed by atoms with E-state index in [9.17, 15) is 5.11 Å². The molecular formula is C14H25NO2S. The lowest BCUT2D eigenvalue weighted by Crippen LogP contribution is -2.35. The smallest absolute Gasteiger partial charge is 0.0900 e. The predicted octanol–water partition coefficient (Wildman–Crippen LogP) is 2.75. The summed E-state index contributed by atoms with van der Waals surface area (Å²) >= 11 is 1.77. The Morgan fingerprint density at radius 1 is 1.44 bits per heavy atom.